The Balaban J connectivity index is 1.88. The van der Waals surface area contributed by atoms with Gasteiger partial charge in [0.25, 0.3) is 0 Å². The van der Waals surface area contributed by atoms with E-state index >= 15 is 0 Å². The molecule has 0 amide bonds. The number of morpholine rings is 1. The average Bonchev–Trinajstić information content (AvgIpc) is 2.96. The van der Waals surface area contributed by atoms with E-state index in [9.17, 15) is 0 Å². The number of nitrogens with zero attached hydrogens (tertiary/aromatic N) is 4. The summed E-state index contributed by atoms with van der Waals surface area (Å²) in [7, 11) is 2.14. The number of rotatable bonds is 3. The fraction of sp³-hybridized carbons (Fsp3) is 0.600. The maximum absolute atomic E-state index is 5.64. The van der Waals surface area contributed by atoms with Crippen molar-refractivity contribution in [2.75, 3.05) is 26.8 Å². The summed E-state index contributed by atoms with van der Waals surface area (Å²) in [6.45, 7) is 9.11. The summed E-state index contributed by atoms with van der Waals surface area (Å²) in [4.78, 5) is 6.59. The molecule has 1 saturated heterocycles. The van der Waals surface area contributed by atoms with Gasteiger partial charge < -0.3 is 9.15 Å². The van der Waals surface area contributed by atoms with Gasteiger partial charge in [0, 0.05) is 17.8 Å². The molecule has 1 aliphatic heterocycles. The fourth-order valence-electron chi connectivity index (χ4n) is 2.94. The van der Waals surface area contributed by atoms with Crippen LogP contribution in [0.2, 0.25) is 0 Å². The first-order valence-electron chi connectivity index (χ1n) is 7.29. The summed E-state index contributed by atoms with van der Waals surface area (Å²) in [5.74, 6) is 1.52. The molecule has 2 aromatic rings. The highest BCUT2D eigenvalue weighted by Crippen LogP contribution is 2.28. The van der Waals surface area contributed by atoms with E-state index in [1.165, 1.54) is 5.56 Å². The Labute approximate surface area is 124 Å². The molecule has 1 atom stereocenters. The van der Waals surface area contributed by atoms with Crippen molar-refractivity contribution in [3.8, 4) is 0 Å². The average molecular weight is 290 g/mol. The molecule has 0 aromatic carbocycles. The van der Waals surface area contributed by atoms with Crippen LogP contribution in [0, 0.1) is 20.8 Å². The topological polar surface area (TPSA) is 56.3 Å². The molecule has 6 nitrogen and oxygen atoms in total. The fourth-order valence-corrected chi connectivity index (χ4v) is 2.94. The van der Waals surface area contributed by atoms with Gasteiger partial charge in [0.05, 0.1) is 31.1 Å². The quantitative estimate of drug-likeness (QED) is 0.863. The highest BCUT2D eigenvalue weighted by atomic mass is 16.5. The van der Waals surface area contributed by atoms with Crippen LogP contribution in [0.15, 0.2) is 10.6 Å². The minimum absolute atomic E-state index is 0.277. The van der Waals surface area contributed by atoms with Gasteiger partial charge in [-0.2, -0.15) is 5.10 Å². The number of aromatic nitrogens is 3. The Morgan fingerprint density at radius 2 is 2.14 bits per heavy atom. The first kappa shape index (κ1) is 14.3. The largest absolute Gasteiger partial charge is 0.444 e. The molecular weight excluding hydrogens is 268 g/mol. The molecule has 1 aliphatic rings. The Morgan fingerprint density at radius 3 is 2.81 bits per heavy atom. The van der Waals surface area contributed by atoms with Crippen molar-refractivity contribution in [2.24, 2.45) is 0 Å². The lowest BCUT2D eigenvalue weighted by Crippen LogP contribution is -2.37. The van der Waals surface area contributed by atoms with Gasteiger partial charge in [-0.15, -0.1) is 0 Å². The summed E-state index contributed by atoms with van der Waals surface area (Å²) in [6, 6.07) is 0.277. The van der Waals surface area contributed by atoms with E-state index in [4.69, 9.17) is 9.15 Å². The van der Waals surface area contributed by atoms with Gasteiger partial charge in [0.15, 0.2) is 0 Å². The molecule has 3 heterocycles. The molecule has 0 spiro atoms. The summed E-state index contributed by atoms with van der Waals surface area (Å²) in [5, 5.41) is 4.66. The van der Waals surface area contributed by atoms with Crippen LogP contribution in [0.1, 0.15) is 34.6 Å². The molecule has 0 radical (unpaired) electrons. The Hall–Kier alpha value is -1.66. The standard InChI is InChI=1S/C15H22N4O2/c1-10-7-16-14(21-10)8-19-12(3)15(11(2)17-19)13-9-20-6-5-18(13)4/h7,13H,5-6,8-9H2,1-4H3. The molecule has 0 aliphatic carbocycles. The molecule has 0 saturated carbocycles. The molecule has 3 rings (SSSR count). The van der Waals surface area contributed by atoms with Crippen molar-refractivity contribution in [3.63, 3.8) is 0 Å². The van der Waals surface area contributed by atoms with Crippen LogP contribution in [0.4, 0.5) is 0 Å². The van der Waals surface area contributed by atoms with Crippen molar-refractivity contribution in [1.82, 2.24) is 19.7 Å². The zero-order valence-electron chi connectivity index (χ0n) is 13.1. The summed E-state index contributed by atoms with van der Waals surface area (Å²) in [6.07, 6.45) is 1.74. The summed E-state index contributed by atoms with van der Waals surface area (Å²) < 4.78 is 13.2. The number of likely N-dealkylation sites (N-methyl/N-ethyl adjacent to an activating group) is 1. The molecule has 21 heavy (non-hydrogen) atoms. The minimum atomic E-state index is 0.277. The van der Waals surface area contributed by atoms with Gasteiger partial charge >= 0.3 is 0 Å². The normalized spacial score (nSPS) is 20.1. The monoisotopic (exact) mass is 290 g/mol. The SMILES string of the molecule is Cc1cnc(Cn2nc(C)c(C3COCCN3C)c2C)o1. The molecule has 1 unspecified atom stereocenters. The van der Waals surface area contributed by atoms with E-state index in [-0.39, 0.29) is 6.04 Å². The lowest BCUT2D eigenvalue weighted by molar-refractivity contribution is 0.00457. The summed E-state index contributed by atoms with van der Waals surface area (Å²) in [5.41, 5.74) is 3.48. The van der Waals surface area contributed by atoms with Crippen molar-refractivity contribution in [3.05, 3.63) is 34.8 Å². The Morgan fingerprint density at radius 1 is 1.33 bits per heavy atom. The molecule has 1 fully saturated rings. The lowest BCUT2D eigenvalue weighted by atomic mass is 10.0. The van der Waals surface area contributed by atoms with Crippen LogP contribution in [0.25, 0.3) is 0 Å². The molecule has 114 valence electrons. The predicted octanol–water partition coefficient (Wildman–Crippen LogP) is 1.85. The van der Waals surface area contributed by atoms with E-state index in [1.54, 1.807) is 6.20 Å². The van der Waals surface area contributed by atoms with E-state index in [1.807, 2.05) is 11.6 Å². The van der Waals surface area contributed by atoms with Crippen LogP contribution in [-0.4, -0.2) is 46.5 Å². The maximum atomic E-state index is 5.64. The molecule has 0 bridgehead atoms. The van der Waals surface area contributed by atoms with E-state index < -0.39 is 0 Å². The number of hydrogen-bond acceptors (Lipinski definition) is 5. The van der Waals surface area contributed by atoms with Crippen molar-refractivity contribution < 1.29 is 9.15 Å². The van der Waals surface area contributed by atoms with Gasteiger partial charge in [-0.1, -0.05) is 0 Å². The zero-order valence-corrected chi connectivity index (χ0v) is 13.1. The Bertz CT molecular complexity index is 632. The molecule has 2 aromatic heterocycles. The third-order valence-electron chi connectivity index (χ3n) is 4.12. The second-order valence-corrected chi connectivity index (χ2v) is 5.68. The van der Waals surface area contributed by atoms with Crippen LogP contribution in [-0.2, 0) is 11.3 Å². The van der Waals surface area contributed by atoms with Crippen LogP contribution >= 0.6 is 0 Å². The van der Waals surface area contributed by atoms with Crippen LogP contribution < -0.4 is 0 Å². The van der Waals surface area contributed by atoms with Gasteiger partial charge in [-0.25, -0.2) is 4.98 Å². The molecule has 6 heteroatoms. The number of hydrogen-bond donors (Lipinski definition) is 0. The molecule has 0 N–H and O–H groups in total. The molecular formula is C15H22N4O2. The predicted molar refractivity (Wildman–Crippen MR) is 78.2 cm³/mol. The first-order chi connectivity index (χ1) is 10.1. The van der Waals surface area contributed by atoms with E-state index in [0.29, 0.717) is 12.4 Å². The second-order valence-electron chi connectivity index (χ2n) is 5.68. The van der Waals surface area contributed by atoms with Crippen molar-refractivity contribution in [1.29, 1.82) is 0 Å². The minimum Gasteiger partial charge on any atom is -0.444 e. The van der Waals surface area contributed by atoms with E-state index in [2.05, 4.69) is 35.9 Å². The third kappa shape index (κ3) is 2.73. The number of oxazole rings is 1. The van der Waals surface area contributed by atoms with Gasteiger partial charge in [0.1, 0.15) is 12.3 Å². The zero-order chi connectivity index (χ0) is 15.0. The highest BCUT2D eigenvalue weighted by Gasteiger charge is 2.27. The maximum Gasteiger partial charge on any atom is 0.216 e. The third-order valence-corrected chi connectivity index (χ3v) is 4.12. The summed E-state index contributed by atoms with van der Waals surface area (Å²) >= 11 is 0. The smallest absolute Gasteiger partial charge is 0.216 e. The lowest BCUT2D eigenvalue weighted by Gasteiger charge is -2.32. The number of ether oxygens (including phenoxy) is 1. The highest BCUT2D eigenvalue weighted by molar-refractivity contribution is 5.29. The van der Waals surface area contributed by atoms with Gasteiger partial charge in [-0.3, -0.25) is 9.58 Å². The van der Waals surface area contributed by atoms with Crippen LogP contribution in [0.5, 0.6) is 0 Å². The van der Waals surface area contributed by atoms with Crippen molar-refractivity contribution in [2.45, 2.75) is 33.4 Å². The second kappa shape index (κ2) is 5.61. The van der Waals surface area contributed by atoms with E-state index in [0.717, 1.165) is 36.9 Å². The van der Waals surface area contributed by atoms with Crippen molar-refractivity contribution >= 4 is 0 Å². The van der Waals surface area contributed by atoms with Gasteiger partial charge in [-0.05, 0) is 27.8 Å². The Kier molecular flexibility index (Phi) is 3.82. The van der Waals surface area contributed by atoms with Crippen LogP contribution in [0.3, 0.4) is 0 Å². The first-order valence-corrected chi connectivity index (χ1v) is 7.29. The number of aryl methyl sites for hydroxylation is 2. The van der Waals surface area contributed by atoms with Gasteiger partial charge in [0.2, 0.25) is 5.89 Å².